The molecule has 0 radical (unpaired) electrons. The van der Waals surface area contributed by atoms with Crippen LogP contribution in [-0.2, 0) is 0 Å². The molecule has 0 aliphatic carbocycles. The second-order valence-electron chi connectivity index (χ2n) is 6.23. The van der Waals surface area contributed by atoms with Gasteiger partial charge >= 0.3 is 0 Å². The molecule has 1 aromatic carbocycles. The number of nitrogens with zero attached hydrogens (tertiary/aromatic N) is 1. The van der Waals surface area contributed by atoms with Crippen molar-refractivity contribution in [2.75, 3.05) is 6.54 Å². The lowest BCUT2D eigenvalue weighted by atomic mass is 9.89. The maximum Gasteiger partial charge on any atom is 0.251 e. The Kier molecular flexibility index (Phi) is 4.48. The molecule has 1 aromatic heterocycles. The van der Waals surface area contributed by atoms with E-state index in [1.807, 2.05) is 68.1 Å². The van der Waals surface area contributed by atoms with Crippen molar-refractivity contribution in [3.05, 3.63) is 54.4 Å². The third kappa shape index (κ3) is 3.95. The minimum absolute atomic E-state index is 0.174. The summed E-state index contributed by atoms with van der Waals surface area (Å²) < 4.78 is 1.95. The lowest BCUT2D eigenvalue weighted by molar-refractivity contribution is 0.0587. The molecule has 0 bridgehead atoms. The van der Waals surface area contributed by atoms with Crippen LogP contribution in [0, 0.1) is 5.41 Å². The Hall–Kier alpha value is -2.07. The molecule has 2 N–H and O–H groups in total. The van der Waals surface area contributed by atoms with Crippen LogP contribution < -0.4 is 5.32 Å². The molecule has 112 valence electrons. The molecule has 1 heterocycles. The number of carbonyl (C=O) groups excluding carboxylic acids is 1. The number of nitrogens with one attached hydrogen (secondary N) is 1. The normalized spacial score (nSPS) is 13.0. The second-order valence-corrected chi connectivity index (χ2v) is 6.23. The maximum absolute atomic E-state index is 12.2. The smallest absolute Gasteiger partial charge is 0.251 e. The number of aliphatic hydroxyl groups excluding tert-OH is 1. The molecule has 0 spiro atoms. The highest BCUT2D eigenvalue weighted by Crippen LogP contribution is 2.18. The molecular formula is C17H22N2O2. The molecule has 1 unspecified atom stereocenters. The molecule has 21 heavy (non-hydrogen) atoms. The van der Waals surface area contributed by atoms with Gasteiger partial charge in [-0.05, 0) is 35.7 Å². The average molecular weight is 286 g/mol. The van der Waals surface area contributed by atoms with Crippen molar-refractivity contribution in [2.24, 2.45) is 5.41 Å². The molecule has 2 aromatic rings. The Labute approximate surface area is 125 Å². The fourth-order valence-electron chi connectivity index (χ4n) is 1.91. The zero-order valence-electron chi connectivity index (χ0n) is 12.7. The lowest BCUT2D eigenvalue weighted by Gasteiger charge is -2.25. The summed E-state index contributed by atoms with van der Waals surface area (Å²) in [6.45, 7) is 6.07. The van der Waals surface area contributed by atoms with Gasteiger partial charge in [0.05, 0.1) is 6.10 Å². The zero-order chi connectivity index (χ0) is 15.5. The quantitative estimate of drug-likeness (QED) is 0.907. The van der Waals surface area contributed by atoms with Crippen LogP contribution in [0.25, 0.3) is 5.69 Å². The molecular weight excluding hydrogens is 264 g/mol. The van der Waals surface area contributed by atoms with E-state index in [1.165, 1.54) is 0 Å². The molecule has 4 nitrogen and oxygen atoms in total. The highest BCUT2D eigenvalue weighted by atomic mass is 16.3. The average Bonchev–Trinajstić information content (AvgIpc) is 2.97. The fraction of sp³-hybridized carbons (Fsp3) is 0.353. The largest absolute Gasteiger partial charge is 0.391 e. The lowest BCUT2D eigenvalue weighted by Crippen LogP contribution is -2.39. The highest BCUT2D eigenvalue weighted by Gasteiger charge is 2.22. The number of aromatic nitrogens is 1. The number of hydrogen-bond acceptors (Lipinski definition) is 2. The van der Waals surface area contributed by atoms with Crippen LogP contribution in [0.2, 0.25) is 0 Å². The third-order valence-electron chi connectivity index (χ3n) is 3.47. The molecule has 0 aliphatic rings. The first kappa shape index (κ1) is 15.3. The first-order valence-electron chi connectivity index (χ1n) is 7.07. The van der Waals surface area contributed by atoms with E-state index in [4.69, 9.17) is 0 Å². The summed E-state index contributed by atoms with van der Waals surface area (Å²) in [5.41, 5.74) is 1.27. The van der Waals surface area contributed by atoms with Gasteiger partial charge in [0, 0.05) is 30.2 Å². The van der Waals surface area contributed by atoms with E-state index in [-0.39, 0.29) is 17.9 Å². The van der Waals surface area contributed by atoms with Crippen molar-refractivity contribution >= 4 is 5.91 Å². The van der Waals surface area contributed by atoms with Crippen molar-refractivity contribution in [3.8, 4) is 5.69 Å². The van der Waals surface area contributed by atoms with Gasteiger partial charge in [0.25, 0.3) is 5.91 Å². The van der Waals surface area contributed by atoms with E-state index in [0.717, 1.165) is 5.69 Å². The van der Waals surface area contributed by atoms with E-state index in [1.54, 1.807) is 6.07 Å². The van der Waals surface area contributed by atoms with Crippen LogP contribution in [-0.4, -0.2) is 28.2 Å². The van der Waals surface area contributed by atoms with Gasteiger partial charge in [-0.3, -0.25) is 4.79 Å². The van der Waals surface area contributed by atoms with E-state index in [2.05, 4.69) is 5.32 Å². The van der Waals surface area contributed by atoms with E-state index >= 15 is 0 Å². The van der Waals surface area contributed by atoms with Gasteiger partial charge in [0.1, 0.15) is 0 Å². The number of rotatable bonds is 4. The van der Waals surface area contributed by atoms with Gasteiger partial charge in [-0.1, -0.05) is 26.8 Å². The molecule has 1 amide bonds. The van der Waals surface area contributed by atoms with Gasteiger partial charge < -0.3 is 15.0 Å². The molecule has 0 saturated heterocycles. The third-order valence-corrected chi connectivity index (χ3v) is 3.47. The molecule has 1 atom stereocenters. The summed E-state index contributed by atoms with van der Waals surface area (Å²) in [7, 11) is 0. The summed E-state index contributed by atoms with van der Waals surface area (Å²) in [6.07, 6.45) is 3.29. The summed E-state index contributed by atoms with van der Waals surface area (Å²) in [6, 6.07) is 11.3. The monoisotopic (exact) mass is 286 g/mol. The van der Waals surface area contributed by atoms with Gasteiger partial charge in [0.15, 0.2) is 0 Å². The number of hydrogen-bond donors (Lipinski definition) is 2. The number of benzene rings is 1. The Morgan fingerprint density at radius 1 is 1.24 bits per heavy atom. The van der Waals surface area contributed by atoms with Crippen LogP contribution >= 0.6 is 0 Å². The van der Waals surface area contributed by atoms with Crippen LogP contribution in [0.3, 0.4) is 0 Å². The van der Waals surface area contributed by atoms with Gasteiger partial charge in [-0.2, -0.15) is 0 Å². The van der Waals surface area contributed by atoms with Crippen LogP contribution in [0.15, 0.2) is 48.8 Å². The Morgan fingerprint density at radius 2 is 1.90 bits per heavy atom. The van der Waals surface area contributed by atoms with Crippen LogP contribution in [0.1, 0.15) is 31.1 Å². The van der Waals surface area contributed by atoms with E-state index < -0.39 is 6.10 Å². The minimum Gasteiger partial charge on any atom is -0.391 e. The van der Waals surface area contributed by atoms with Gasteiger partial charge in [0.2, 0.25) is 0 Å². The molecule has 2 rings (SSSR count). The maximum atomic E-state index is 12.2. The van der Waals surface area contributed by atoms with Crippen molar-refractivity contribution in [2.45, 2.75) is 26.9 Å². The number of carbonyl (C=O) groups is 1. The van der Waals surface area contributed by atoms with Gasteiger partial charge in [-0.15, -0.1) is 0 Å². The Balaban J connectivity index is 2.05. The first-order valence-corrected chi connectivity index (χ1v) is 7.07. The predicted molar refractivity (Wildman–Crippen MR) is 83.6 cm³/mol. The SMILES string of the molecule is CC(C)(C)C(O)CNC(=O)c1cccc(-n2cccc2)c1. The highest BCUT2D eigenvalue weighted by molar-refractivity contribution is 5.94. The van der Waals surface area contributed by atoms with Gasteiger partial charge in [-0.25, -0.2) is 0 Å². The standard InChI is InChI=1S/C17H22N2O2/c1-17(2,3)15(20)12-18-16(21)13-7-6-8-14(11-13)19-9-4-5-10-19/h4-11,15,20H,12H2,1-3H3,(H,18,21). The second kappa shape index (κ2) is 6.14. The fourth-order valence-corrected chi connectivity index (χ4v) is 1.91. The zero-order valence-corrected chi connectivity index (χ0v) is 12.7. The van der Waals surface area contributed by atoms with Crippen LogP contribution in [0.5, 0.6) is 0 Å². The van der Waals surface area contributed by atoms with Crippen molar-refractivity contribution < 1.29 is 9.90 Å². The topological polar surface area (TPSA) is 54.3 Å². The number of amides is 1. The van der Waals surface area contributed by atoms with Crippen LogP contribution in [0.4, 0.5) is 0 Å². The molecule has 0 fully saturated rings. The molecule has 0 aliphatic heterocycles. The minimum atomic E-state index is -0.575. The summed E-state index contributed by atoms with van der Waals surface area (Å²) in [5.74, 6) is -0.174. The van der Waals surface area contributed by atoms with E-state index in [0.29, 0.717) is 5.56 Å². The first-order chi connectivity index (χ1) is 9.88. The molecule has 4 heteroatoms. The number of aliphatic hydroxyl groups is 1. The van der Waals surface area contributed by atoms with Crippen molar-refractivity contribution in [1.29, 1.82) is 0 Å². The Bertz CT molecular complexity index is 598. The van der Waals surface area contributed by atoms with Crippen molar-refractivity contribution in [1.82, 2.24) is 9.88 Å². The van der Waals surface area contributed by atoms with Crippen molar-refractivity contribution in [3.63, 3.8) is 0 Å². The summed E-state index contributed by atoms with van der Waals surface area (Å²) >= 11 is 0. The summed E-state index contributed by atoms with van der Waals surface area (Å²) in [5, 5.41) is 12.7. The Morgan fingerprint density at radius 3 is 2.52 bits per heavy atom. The molecule has 0 saturated carbocycles. The summed E-state index contributed by atoms with van der Waals surface area (Å²) in [4.78, 5) is 12.2. The predicted octanol–water partition coefficient (Wildman–Crippen LogP) is 2.61. The van der Waals surface area contributed by atoms with E-state index in [9.17, 15) is 9.90 Å².